The highest BCUT2D eigenvalue weighted by Gasteiger charge is 2.08. The fourth-order valence-electron chi connectivity index (χ4n) is 1.47. The third-order valence-electron chi connectivity index (χ3n) is 2.42. The summed E-state index contributed by atoms with van der Waals surface area (Å²) in [6, 6.07) is 8.14. The van der Waals surface area contributed by atoms with Crippen molar-refractivity contribution in [3.8, 4) is 5.75 Å². The molecule has 0 atom stereocenters. The number of anilines is 1. The molecule has 2 nitrogen and oxygen atoms in total. The van der Waals surface area contributed by atoms with Crippen LogP contribution < -0.4 is 10.5 Å². The maximum atomic E-state index is 13.3. The highest BCUT2D eigenvalue weighted by atomic mass is 35.5. The summed E-state index contributed by atoms with van der Waals surface area (Å²) in [6.07, 6.45) is 0. The SMILES string of the molecule is Nc1cccc(Cl)c1COc1ccc(F)cc1F. The fourth-order valence-corrected chi connectivity index (χ4v) is 1.71. The molecule has 2 aromatic carbocycles. The summed E-state index contributed by atoms with van der Waals surface area (Å²) in [5.41, 5.74) is 6.76. The first-order valence-electron chi connectivity index (χ1n) is 5.18. The minimum Gasteiger partial charge on any atom is -0.486 e. The lowest BCUT2D eigenvalue weighted by molar-refractivity contribution is 0.290. The van der Waals surface area contributed by atoms with Gasteiger partial charge in [0, 0.05) is 22.3 Å². The molecule has 2 rings (SSSR count). The number of ether oxygens (including phenoxy) is 1. The van der Waals surface area contributed by atoms with E-state index in [-0.39, 0.29) is 12.4 Å². The Balaban J connectivity index is 2.16. The summed E-state index contributed by atoms with van der Waals surface area (Å²) in [5.74, 6) is -1.46. The molecule has 0 radical (unpaired) electrons. The third-order valence-corrected chi connectivity index (χ3v) is 2.78. The standard InChI is InChI=1S/C13H10ClF2NO/c14-10-2-1-3-12(17)9(10)7-18-13-5-4-8(15)6-11(13)16/h1-6H,7,17H2. The van der Waals surface area contributed by atoms with E-state index in [1.165, 1.54) is 6.07 Å². The molecule has 0 bridgehead atoms. The highest BCUT2D eigenvalue weighted by molar-refractivity contribution is 6.31. The first-order valence-corrected chi connectivity index (χ1v) is 5.56. The highest BCUT2D eigenvalue weighted by Crippen LogP contribution is 2.25. The Bertz CT molecular complexity index is 555. The quantitative estimate of drug-likeness (QED) is 0.861. The van der Waals surface area contributed by atoms with Crippen molar-refractivity contribution in [1.29, 1.82) is 0 Å². The molecule has 2 aromatic rings. The first kappa shape index (κ1) is 12.6. The van der Waals surface area contributed by atoms with Gasteiger partial charge in [-0.2, -0.15) is 0 Å². The number of hydrogen-bond donors (Lipinski definition) is 1. The van der Waals surface area contributed by atoms with Crippen molar-refractivity contribution in [3.05, 3.63) is 58.6 Å². The average Bonchev–Trinajstić information content (AvgIpc) is 2.31. The summed E-state index contributed by atoms with van der Waals surface area (Å²) in [7, 11) is 0. The van der Waals surface area contributed by atoms with E-state index < -0.39 is 11.6 Å². The van der Waals surface area contributed by atoms with Crippen LogP contribution in [0.3, 0.4) is 0 Å². The van der Waals surface area contributed by atoms with Gasteiger partial charge in [0.1, 0.15) is 12.4 Å². The molecule has 0 aliphatic heterocycles. The third kappa shape index (κ3) is 2.71. The lowest BCUT2D eigenvalue weighted by atomic mass is 10.2. The van der Waals surface area contributed by atoms with Crippen molar-refractivity contribution in [3.63, 3.8) is 0 Å². The van der Waals surface area contributed by atoms with Gasteiger partial charge in [0.25, 0.3) is 0 Å². The second-order valence-electron chi connectivity index (χ2n) is 3.67. The van der Waals surface area contributed by atoms with E-state index in [2.05, 4.69) is 0 Å². The lowest BCUT2D eigenvalue weighted by Gasteiger charge is -2.10. The van der Waals surface area contributed by atoms with Crippen molar-refractivity contribution in [2.75, 3.05) is 5.73 Å². The van der Waals surface area contributed by atoms with Crippen LogP contribution >= 0.6 is 11.6 Å². The Morgan fingerprint density at radius 3 is 2.61 bits per heavy atom. The molecule has 0 heterocycles. The minimum atomic E-state index is -0.763. The predicted molar refractivity (Wildman–Crippen MR) is 66.6 cm³/mol. The molecule has 0 aromatic heterocycles. The molecule has 5 heteroatoms. The Hall–Kier alpha value is -1.81. The van der Waals surface area contributed by atoms with Crippen LogP contribution in [0.25, 0.3) is 0 Å². The van der Waals surface area contributed by atoms with Crippen LogP contribution in [-0.4, -0.2) is 0 Å². The molecule has 0 aliphatic carbocycles. The number of benzene rings is 2. The van der Waals surface area contributed by atoms with Crippen LogP contribution in [-0.2, 0) is 6.61 Å². The van der Waals surface area contributed by atoms with Crippen molar-refractivity contribution >= 4 is 17.3 Å². The van der Waals surface area contributed by atoms with E-state index in [9.17, 15) is 8.78 Å². The number of hydrogen-bond acceptors (Lipinski definition) is 2. The minimum absolute atomic E-state index is 0.0219. The molecular weight excluding hydrogens is 260 g/mol. The monoisotopic (exact) mass is 269 g/mol. The van der Waals surface area contributed by atoms with E-state index >= 15 is 0 Å². The smallest absolute Gasteiger partial charge is 0.167 e. The van der Waals surface area contributed by atoms with Crippen LogP contribution in [0.1, 0.15) is 5.56 Å². The molecule has 0 saturated carbocycles. The molecule has 0 unspecified atom stereocenters. The molecule has 0 amide bonds. The second-order valence-corrected chi connectivity index (χ2v) is 4.08. The molecule has 94 valence electrons. The van der Waals surface area contributed by atoms with Crippen LogP contribution in [0.4, 0.5) is 14.5 Å². The second kappa shape index (κ2) is 5.23. The van der Waals surface area contributed by atoms with E-state index in [4.69, 9.17) is 22.1 Å². The maximum absolute atomic E-state index is 13.3. The summed E-state index contributed by atoms with van der Waals surface area (Å²) in [5, 5.41) is 0.442. The summed E-state index contributed by atoms with van der Waals surface area (Å²) < 4.78 is 31.3. The number of nitrogen functional groups attached to an aromatic ring is 1. The number of rotatable bonds is 3. The molecule has 0 saturated heterocycles. The summed E-state index contributed by atoms with van der Waals surface area (Å²) >= 11 is 5.95. The molecule has 0 spiro atoms. The van der Waals surface area contributed by atoms with Gasteiger partial charge in [0.15, 0.2) is 11.6 Å². The van der Waals surface area contributed by atoms with Crippen molar-refractivity contribution in [2.24, 2.45) is 0 Å². The van der Waals surface area contributed by atoms with Crippen molar-refractivity contribution in [1.82, 2.24) is 0 Å². The van der Waals surface area contributed by atoms with Gasteiger partial charge in [-0.25, -0.2) is 8.78 Å². The largest absolute Gasteiger partial charge is 0.486 e. The van der Waals surface area contributed by atoms with E-state index in [1.54, 1.807) is 18.2 Å². The van der Waals surface area contributed by atoms with Crippen molar-refractivity contribution in [2.45, 2.75) is 6.61 Å². The average molecular weight is 270 g/mol. The summed E-state index contributed by atoms with van der Waals surface area (Å²) in [4.78, 5) is 0. The normalized spacial score (nSPS) is 10.4. The molecule has 18 heavy (non-hydrogen) atoms. The van der Waals surface area contributed by atoms with E-state index in [0.29, 0.717) is 16.3 Å². The Morgan fingerprint density at radius 1 is 1.17 bits per heavy atom. The Kier molecular flexibility index (Phi) is 3.67. The lowest BCUT2D eigenvalue weighted by Crippen LogP contribution is -2.02. The van der Waals surface area contributed by atoms with Crippen molar-refractivity contribution < 1.29 is 13.5 Å². The van der Waals surface area contributed by atoms with E-state index in [1.807, 2.05) is 0 Å². The first-order chi connectivity index (χ1) is 8.58. The zero-order valence-corrected chi connectivity index (χ0v) is 10.0. The number of halogens is 3. The van der Waals surface area contributed by atoms with Gasteiger partial charge in [0.2, 0.25) is 0 Å². The molecule has 2 N–H and O–H groups in total. The molecule has 0 fully saturated rings. The summed E-state index contributed by atoms with van der Waals surface area (Å²) in [6.45, 7) is 0.0219. The van der Waals surface area contributed by atoms with Gasteiger partial charge < -0.3 is 10.5 Å². The fraction of sp³-hybridized carbons (Fsp3) is 0.0769. The van der Waals surface area contributed by atoms with E-state index in [0.717, 1.165) is 12.1 Å². The molecular formula is C13H10ClF2NO. The van der Waals surface area contributed by atoms with Gasteiger partial charge in [-0.3, -0.25) is 0 Å². The Labute approximate surface area is 108 Å². The van der Waals surface area contributed by atoms with Crippen LogP contribution in [0.5, 0.6) is 5.75 Å². The Morgan fingerprint density at radius 2 is 1.94 bits per heavy atom. The van der Waals surface area contributed by atoms with Gasteiger partial charge in [-0.1, -0.05) is 17.7 Å². The van der Waals surface area contributed by atoms with Crippen LogP contribution in [0.15, 0.2) is 36.4 Å². The van der Waals surface area contributed by atoms with Gasteiger partial charge in [-0.15, -0.1) is 0 Å². The predicted octanol–water partition coefficient (Wildman–Crippen LogP) is 3.78. The van der Waals surface area contributed by atoms with Crippen LogP contribution in [0.2, 0.25) is 5.02 Å². The van der Waals surface area contributed by atoms with Crippen LogP contribution in [0, 0.1) is 11.6 Å². The number of nitrogens with two attached hydrogens (primary N) is 1. The maximum Gasteiger partial charge on any atom is 0.167 e. The zero-order valence-electron chi connectivity index (χ0n) is 9.29. The molecule has 0 aliphatic rings. The van der Waals surface area contributed by atoms with Gasteiger partial charge in [-0.05, 0) is 24.3 Å². The topological polar surface area (TPSA) is 35.2 Å². The zero-order chi connectivity index (χ0) is 13.1. The van der Waals surface area contributed by atoms with Gasteiger partial charge in [0.05, 0.1) is 0 Å². The van der Waals surface area contributed by atoms with Gasteiger partial charge >= 0.3 is 0 Å².